The SMILES string of the molecule is C[C@H]1[C@@H](c2ccccc2)OC(=O)N1C(=O)C[C@@H](O)/C(Cl)=C/c1ccccn1. The summed E-state index contributed by atoms with van der Waals surface area (Å²) in [6, 6.07) is 14.0. The number of amides is 2. The molecule has 0 saturated carbocycles. The molecule has 2 amide bonds. The van der Waals surface area contributed by atoms with E-state index in [1.54, 1.807) is 31.3 Å². The number of benzene rings is 1. The molecule has 7 heteroatoms. The van der Waals surface area contributed by atoms with Gasteiger partial charge in [0.2, 0.25) is 5.91 Å². The van der Waals surface area contributed by atoms with Crippen LogP contribution in [0.3, 0.4) is 0 Å². The molecule has 3 rings (SSSR count). The number of aliphatic hydroxyl groups excluding tert-OH is 1. The predicted molar refractivity (Wildman–Crippen MR) is 101 cm³/mol. The van der Waals surface area contributed by atoms with Crippen LogP contribution in [0.4, 0.5) is 4.79 Å². The van der Waals surface area contributed by atoms with Crippen molar-refractivity contribution in [2.75, 3.05) is 0 Å². The summed E-state index contributed by atoms with van der Waals surface area (Å²) in [6.07, 6.45) is 0.245. The molecular weight excluding hydrogens is 368 g/mol. The maximum Gasteiger partial charge on any atom is 0.417 e. The number of cyclic esters (lactones) is 1. The van der Waals surface area contributed by atoms with Gasteiger partial charge in [0.1, 0.15) is 6.10 Å². The number of carbonyl (C=O) groups excluding carboxylic acids is 2. The second-order valence-electron chi connectivity index (χ2n) is 6.22. The van der Waals surface area contributed by atoms with E-state index in [1.165, 1.54) is 6.08 Å². The fourth-order valence-corrected chi connectivity index (χ4v) is 3.13. The first-order valence-electron chi connectivity index (χ1n) is 8.51. The van der Waals surface area contributed by atoms with E-state index < -0.39 is 30.3 Å². The number of carbonyl (C=O) groups is 2. The Balaban J connectivity index is 1.68. The first kappa shape index (κ1) is 19.1. The zero-order chi connectivity index (χ0) is 19.4. The molecule has 0 aliphatic carbocycles. The van der Waals surface area contributed by atoms with E-state index >= 15 is 0 Å². The lowest BCUT2D eigenvalue weighted by Gasteiger charge is -2.20. The minimum Gasteiger partial charge on any atom is -0.439 e. The smallest absolute Gasteiger partial charge is 0.417 e. The van der Waals surface area contributed by atoms with Crippen LogP contribution in [-0.2, 0) is 9.53 Å². The number of imide groups is 1. The summed E-state index contributed by atoms with van der Waals surface area (Å²) < 4.78 is 5.36. The molecule has 140 valence electrons. The van der Waals surface area contributed by atoms with Gasteiger partial charge >= 0.3 is 6.09 Å². The number of rotatable bonds is 5. The van der Waals surface area contributed by atoms with E-state index in [0.717, 1.165) is 10.5 Å². The first-order valence-corrected chi connectivity index (χ1v) is 8.89. The van der Waals surface area contributed by atoms with Crippen molar-refractivity contribution < 1.29 is 19.4 Å². The average molecular weight is 387 g/mol. The highest BCUT2D eigenvalue weighted by atomic mass is 35.5. The van der Waals surface area contributed by atoms with E-state index in [-0.39, 0.29) is 11.5 Å². The summed E-state index contributed by atoms with van der Waals surface area (Å²) in [5.41, 5.74) is 1.37. The number of halogens is 1. The minimum atomic E-state index is -1.24. The van der Waals surface area contributed by atoms with Crippen LogP contribution in [0.25, 0.3) is 6.08 Å². The average Bonchev–Trinajstić information content (AvgIpc) is 2.97. The minimum absolute atomic E-state index is 0.0712. The van der Waals surface area contributed by atoms with Crippen LogP contribution >= 0.6 is 11.6 Å². The van der Waals surface area contributed by atoms with Gasteiger partial charge in [0.25, 0.3) is 0 Å². The van der Waals surface area contributed by atoms with Gasteiger partial charge in [-0.05, 0) is 30.7 Å². The van der Waals surface area contributed by atoms with Crippen molar-refractivity contribution in [2.45, 2.75) is 31.6 Å². The van der Waals surface area contributed by atoms with Gasteiger partial charge in [-0.3, -0.25) is 9.78 Å². The third-order valence-corrected chi connectivity index (χ3v) is 4.69. The Morgan fingerprint density at radius 1 is 1.30 bits per heavy atom. The summed E-state index contributed by atoms with van der Waals surface area (Å²) in [4.78, 5) is 29.9. The van der Waals surface area contributed by atoms with Gasteiger partial charge in [0.05, 0.1) is 24.3 Å². The van der Waals surface area contributed by atoms with Gasteiger partial charge in [0.15, 0.2) is 0 Å². The fraction of sp³-hybridized carbons (Fsp3) is 0.250. The molecule has 0 radical (unpaired) electrons. The van der Waals surface area contributed by atoms with E-state index in [1.807, 2.05) is 30.3 Å². The lowest BCUT2D eigenvalue weighted by molar-refractivity contribution is -0.130. The highest BCUT2D eigenvalue weighted by molar-refractivity contribution is 6.32. The van der Waals surface area contributed by atoms with Gasteiger partial charge in [-0.1, -0.05) is 48.0 Å². The molecule has 3 atom stereocenters. The maximum atomic E-state index is 12.6. The molecule has 0 bridgehead atoms. The van der Waals surface area contributed by atoms with Crippen molar-refractivity contribution >= 4 is 29.7 Å². The van der Waals surface area contributed by atoms with Crippen molar-refractivity contribution in [2.24, 2.45) is 0 Å². The Morgan fingerprint density at radius 2 is 2.00 bits per heavy atom. The van der Waals surface area contributed by atoms with Crippen LogP contribution < -0.4 is 0 Å². The fourth-order valence-electron chi connectivity index (χ4n) is 2.94. The summed E-state index contributed by atoms with van der Waals surface area (Å²) in [5.74, 6) is -0.550. The Labute approximate surface area is 162 Å². The van der Waals surface area contributed by atoms with Crippen molar-refractivity contribution in [1.82, 2.24) is 9.88 Å². The van der Waals surface area contributed by atoms with Gasteiger partial charge in [-0.25, -0.2) is 9.69 Å². The van der Waals surface area contributed by atoms with Crippen LogP contribution in [0.5, 0.6) is 0 Å². The Hall–Kier alpha value is -2.70. The molecule has 1 fully saturated rings. The number of nitrogens with zero attached hydrogens (tertiary/aromatic N) is 2. The summed E-state index contributed by atoms with van der Waals surface area (Å²) >= 11 is 6.10. The number of aliphatic hydroxyl groups is 1. The molecule has 1 aromatic heterocycles. The van der Waals surface area contributed by atoms with Gasteiger partial charge < -0.3 is 9.84 Å². The van der Waals surface area contributed by atoms with E-state index in [0.29, 0.717) is 5.69 Å². The number of hydrogen-bond donors (Lipinski definition) is 1. The molecule has 0 unspecified atom stereocenters. The third-order valence-electron chi connectivity index (χ3n) is 4.33. The third kappa shape index (κ3) is 4.35. The van der Waals surface area contributed by atoms with Crippen molar-refractivity contribution in [3.63, 3.8) is 0 Å². The van der Waals surface area contributed by atoms with E-state index in [9.17, 15) is 14.7 Å². The summed E-state index contributed by atoms with van der Waals surface area (Å²) in [7, 11) is 0. The molecule has 0 spiro atoms. The van der Waals surface area contributed by atoms with Crippen LogP contribution in [-0.4, -0.2) is 39.1 Å². The first-order chi connectivity index (χ1) is 13.0. The van der Waals surface area contributed by atoms with Crippen LogP contribution in [0.1, 0.15) is 30.7 Å². The second kappa shape index (κ2) is 8.33. The molecule has 1 aliphatic rings. The molecule has 1 N–H and O–H groups in total. The number of pyridine rings is 1. The second-order valence-corrected chi connectivity index (χ2v) is 6.66. The molecule has 2 aromatic rings. The normalized spacial score (nSPS) is 21.1. The molecule has 1 saturated heterocycles. The molecule has 27 heavy (non-hydrogen) atoms. The van der Waals surface area contributed by atoms with Crippen LogP contribution in [0.15, 0.2) is 59.8 Å². The Bertz CT molecular complexity index is 842. The van der Waals surface area contributed by atoms with Crippen molar-refractivity contribution in [1.29, 1.82) is 0 Å². The summed E-state index contributed by atoms with van der Waals surface area (Å²) in [6.45, 7) is 1.73. The molecular formula is C20H19ClN2O4. The van der Waals surface area contributed by atoms with Gasteiger partial charge in [-0.15, -0.1) is 0 Å². The summed E-state index contributed by atoms with van der Waals surface area (Å²) in [5, 5.41) is 10.3. The monoisotopic (exact) mass is 386 g/mol. The lowest BCUT2D eigenvalue weighted by Crippen LogP contribution is -2.39. The highest BCUT2D eigenvalue weighted by Crippen LogP contribution is 2.33. The van der Waals surface area contributed by atoms with E-state index in [4.69, 9.17) is 16.3 Å². The highest BCUT2D eigenvalue weighted by Gasteiger charge is 2.43. The molecule has 1 aliphatic heterocycles. The van der Waals surface area contributed by atoms with E-state index in [2.05, 4.69) is 4.98 Å². The Morgan fingerprint density at radius 3 is 2.67 bits per heavy atom. The molecule has 1 aromatic carbocycles. The zero-order valence-corrected chi connectivity index (χ0v) is 15.4. The lowest BCUT2D eigenvalue weighted by atomic mass is 10.0. The quantitative estimate of drug-likeness (QED) is 0.850. The van der Waals surface area contributed by atoms with Crippen molar-refractivity contribution in [3.05, 3.63) is 71.0 Å². The zero-order valence-electron chi connectivity index (χ0n) is 14.7. The topological polar surface area (TPSA) is 79.7 Å². The van der Waals surface area contributed by atoms with Gasteiger partial charge in [0, 0.05) is 11.2 Å². The standard InChI is InChI=1S/C20H19ClN2O4/c1-13-19(14-7-3-2-4-8-14)27-20(26)23(13)18(25)12-17(24)16(21)11-15-9-5-6-10-22-15/h2-11,13,17,19,24H,12H2,1H3/b16-11-/t13-,17+,19-/m0/s1. The van der Waals surface area contributed by atoms with Crippen LogP contribution in [0.2, 0.25) is 0 Å². The number of ether oxygens (including phenoxy) is 1. The molecule has 6 nitrogen and oxygen atoms in total. The van der Waals surface area contributed by atoms with Crippen LogP contribution in [0, 0.1) is 0 Å². The largest absolute Gasteiger partial charge is 0.439 e. The number of aromatic nitrogens is 1. The van der Waals surface area contributed by atoms with Gasteiger partial charge in [-0.2, -0.15) is 0 Å². The Kier molecular flexibility index (Phi) is 5.88. The number of hydrogen-bond acceptors (Lipinski definition) is 5. The predicted octanol–water partition coefficient (Wildman–Crippen LogP) is 3.52. The molecule has 2 heterocycles. The van der Waals surface area contributed by atoms with Crippen molar-refractivity contribution in [3.8, 4) is 0 Å². The maximum absolute atomic E-state index is 12.6.